The summed E-state index contributed by atoms with van der Waals surface area (Å²) < 4.78 is 0. The molecule has 1 heterocycles. The maximum absolute atomic E-state index is 12.0. The summed E-state index contributed by atoms with van der Waals surface area (Å²) in [6.07, 6.45) is 0.769. The normalized spacial score (nSPS) is 15.5. The maximum Gasteiger partial charge on any atom is 0.252 e. The summed E-state index contributed by atoms with van der Waals surface area (Å²) in [5.74, 6) is -2.50. The third-order valence-corrected chi connectivity index (χ3v) is 8.39. The molecule has 46 heavy (non-hydrogen) atoms. The molecule has 0 aromatic heterocycles. The molecule has 0 spiro atoms. The van der Waals surface area contributed by atoms with Crippen LogP contribution < -0.4 is 17.2 Å². The van der Waals surface area contributed by atoms with Crippen LogP contribution >= 0.6 is 0 Å². The average Bonchev–Trinajstić information content (AvgIpc) is 2.98. The molecule has 12 heteroatoms. The van der Waals surface area contributed by atoms with E-state index in [0.717, 1.165) is 23.1 Å². The first-order valence-corrected chi connectivity index (χ1v) is 15.3. The van der Waals surface area contributed by atoms with Crippen molar-refractivity contribution in [1.82, 2.24) is 14.7 Å². The summed E-state index contributed by atoms with van der Waals surface area (Å²) in [6, 6.07) is 10.2. The van der Waals surface area contributed by atoms with Gasteiger partial charge in [-0.1, -0.05) is 18.2 Å². The van der Waals surface area contributed by atoms with E-state index in [2.05, 4.69) is 14.7 Å². The van der Waals surface area contributed by atoms with Crippen molar-refractivity contribution in [2.45, 2.75) is 46.8 Å². The summed E-state index contributed by atoms with van der Waals surface area (Å²) in [7, 11) is 0. The van der Waals surface area contributed by atoms with Crippen LogP contribution in [0.3, 0.4) is 0 Å². The molecular weight excluding hydrogens is 588 g/mol. The number of hydrogen-bond acceptors (Lipinski definition) is 9. The van der Waals surface area contributed by atoms with Gasteiger partial charge in [0.25, 0.3) is 17.7 Å². The van der Waals surface area contributed by atoms with Crippen LogP contribution in [0.1, 0.15) is 70.9 Å². The number of amides is 3. The fourth-order valence-corrected chi connectivity index (χ4v) is 6.10. The minimum atomic E-state index is -0.706. The highest BCUT2D eigenvalue weighted by molar-refractivity contribution is 5.97. The number of aromatic hydroxyl groups is 3. The van der Waals surface area contributed by atoms with Gasteiger partial charge in [0, 0.05) is 62.5 Å². The number of nitrogens with two attached hydrogens (primary N) is 3. The number of primary amides is 3. The second-order valence-corrected chi connectivity index (χ2v) is 12.2. The molecule has 0 bridgehead atoms. The van der Waals surface area contributed by atoms with Crippen LogP contribution in [0.25, 0.3) is 0 Å². The summed E-state index contributed by atoms with van der Waals surface area (Å²) >= 11 is 0. The number of carbonyl (C=O) groups is 3. The van der Waals surface area contributed by atoms with Crippen molar-refractivity contribution < 1.29 is 29.7 Å². The Labute approximate surface area is 269 Å². The van der Waals surface area contributed by atoms with Crippen LogP contribution in [0.15, 0.2) is 36.4 Å². The van der Waals surface area contributed by atoms with Crippen LogP contribution in [0, 0.1) is 20.8 Å². The molecule has 4 rings (SSSR count). The number of hydrogen-bond donors (Lipinski definition) is 6. The van der Waals surface area contributed by atoms with E-state index in [1.165, 1.54) is 0 Å². The molecule has 1 aliphatic heterocycles. The first-order valence-electron chi connectivity index (χ1n) is 15.3. The van der Waals surface area contributed by atoms with Gasteiger partial charge in [0.2, 0.25) is 0 Å². The molecule has 0 unspecified atom stereocenters. The standard InChI is InChI=1S/C34H44N6O6/c1-20-11-23(29(41)26(14-20)32(35)44)17-38-5-4-6-39(18-24-12-21(2)15-27(30(24)42)33(36)45)8-10-40(9-7-38)19-25-13-22(3)16-28(31(25)43)34(37)46/h11-16,41-43H,4-10,17-19H2,1-3H3,(H2,35,44)(H2,36,45)(H2,37,46). The second kappa shape index (κ2) is 14.6. The van der Waals surface area contributed by atoms with E-state index in [1.807, 2.05) is 39.0 Å². The van der Waals surface area contributed by atoms with Gasteiger partial charge >= 0.3 is 0 Å². The third-order valence-electron chi connectivity index (χ3n) is 8.39. The van der Waals surface area contributed by atoms with Crippen molar-refractivity contribution in [2.24, 2.45) is 17.2 Å². The highest BCUT2D eigenvalue weighted by atomic mass is 16.3. The SMILES string of the molecule is Cc1cc(CN2CCCN(Cc3cc(C)cc(C(N)=O)c3O)CCN(Cc3cc(C)cc(C(N)=O)c3O)CC2)c(O)c(C(N)=O)c1. The molecule has 3 amide bonds. The molecule has 0 radical (unpaired) electrons. The number of phenols is 3. The highest BCUT2D eigenvalue weighted by Gasteiger charge is 2.22. The topological polar surface area (TPSA) is 200 Å². The third kappa shape index (κ3) is 8.33. The molecule has 246 valence electrons. The zero-order valence-electron chi connectivity index (χ0n) is 26.7. The summed E-state index contributed by atoms with van der Waals surface area (Å²) in [5.41, 5.74) is 21.0. The summed E-state index contributed by atoms with van der Waals surface area (Å²) in [5, 5.41) is 32.6. The van der Waals surface area contributed by atoms with Gasteiger partial charge in [-0.05, 0) is 75.2 Å². The molecule has 3 aromatic rings. The van der Waals surface area contributed by atoms with Crippen LogP contribution in [0.2, 0.25) is 0 Å². The van der Waals surface area contributed by atoms with E-state index in [0.29, 0.717) is 75.6 Å². The Kier molecular flexibility index (Phi) is 10.9. The van der Waals surface area contributed by atoms with E-state index >= 15 is 0 Å². The predicted molar refractivity (Wildman–Crippen MR) is 175 cm³/mol. The van der Waals surface area contributed by atoms with Crippen LogP contribution in [-0.4, -0.2) is 87.0 Å². The van der Waals surface area contributed by atoms with Gasteiger partial charge in [0.05, 0.1) is 16.7 Å². The van der Waals surface area contributed by atoms with Gasteiger partial charge in [-0.15, -0.1) is 0 Å². The van der Waals surface area contributed by atoms with Gasteiger partial charge in [-0.25, -0.2) is 0 Å². The van der Waals surface area contributed by atoms with Gasteiger partial charge in [-0.2, -0.15) is 0 Å². The van der Waals surface area contributed by atoms with Crippen LogP contribution in [0.5, 0.6) is 17.2 Å². The van der Waals surface area contributed by atoms with E-state index < -0.39 is 17.7 Å². The molecule has 1 aliphatic rings. The van der Waals surface area contributed by atoms with Gasteiger partial charge < -0.3 is 32.5 Å². The van der Waals surface area contributed by atoms with Crippen molar-refractivity contribution in [2.75, 3.05) is 39.3 Å². The highest BCUT2D eigenvalue weighted by Crippen LogP contribution is 2.29. The number of benzene rings is 3. The fraction of sp³-hybridized carbons (Fsp3) is 0.382. The first kappa shape index (κ1) is 34.2. The Bertz CT molecular complexity index is 1560. The fourth-order valence-electron chi connectivity index (χ4n) is 6.10. The van der Waals surface area contributed by atoms with Gasteiger partial charge in [-0.3, -0.25) is 29.1 Å². The molecule has 0 saturated carbocycles. The van der Waals surface area contributed by atoms with Crippen molar-refractivity contribution in [3.8, 4) is 17.2 Å². The molecule has 0 atom stereocenters. The molecule has 3 aromatic carbocycles. The average molecular weight is 633 g/mol. The zero-order valence-corrected chi connectivity index (χ0v) is 26.7. The second-order valence-electron chi connectivity index (χ2n) is 12.2. The number of rotatable bonds is 9. The lowest BCUT2D eigenvalue weighted by atomic mass is 10.0. The van der Waals surface area contributed by atoms with Crippen LogP contribution in [-0.2, 0) is 19.6 Å². The summed E-state index contributed by atoms with van der Waals surface area (Å²) in [4.78, 5) is 42.5. The molecule has 1 fully saturated rings. The van der Waals surface area contributed by atoms with Crippen molar-refractivity contribution >= 4 is 17.7 Å². The predicted octanol–water partition coefficient (Wildman–Crippen LogP) is 2.24. The Morgan fingerprint density at radius 2 is 0.783 bits per heavy atom. The Morgan fingerprint density at radius 1 is 0.522 bits per heavy atom. The monoisotopic (exact) mass is 632 g/mol. The minimum absolute atomic E-state index is 0.0691. The van der Waals surface area contributed by atoms with E-state index in [-0.39, 0.29) is 33.9 Å². The largest absolute Gasteiger partial charge is 0.507 e. The maximum atomic E-state index is 12.0. The lowest BCUT2D eigenvalue weighted by Gasteiger charge is -2.33. The number of carbonyl (C=O) groups excluding carboxylic acids is 3. The van der Waals surface area contributed by atoms with Crippen molar-refractivity contribution in [1.29, 1.82) is 0 Å². The first-order chi connectivity index (χ1) is 21.7. The van der Waals surface area contributed by atoms with E-state index in [4.69, 9.17) is 17.2 Å². The van der Waals surface area contributed by atoms with E-state index in [1.54, 1.807) is 18.2 Å². The molecule has 12 nitrogen and oxygen atoms in total. The Hall–Kier alpha value is -4.65. The molecule has 1 saturated heterocycles. The molecule has 0 aliphatic carbocycles. The zero-order chi connectivity index (χ0) is 33.7. The van der Waals surface area contributed by atoms with Crippen molar-refractivity contribution in [3.63, 3.8) is 0 Å². The van der Waals surface area contributed by atoms with E-state index in [9.17, 15) is 29.7 Å². The molecular formula is C34H44N6O6. The molecule has 9 N–H and O–H groups in total. The lowest BCUT2D eigenvalue weighted by molar-refractivity contribution is 0.0987. The Morgan fingerprint density at radius 3 is 1.04 bits per heavy atom. The van der Waals surface area contributed by atoms with Crippen molar-refractivity contribution in [3.05, 3.63) is 86.5 Å². The smallest absolute Gasteiger partial charge is 0.252 e. The number of nitrogens with zero attached hydrogens (tertiary/aromatic N) is 3. The van der Waals surface area contributed by atoms with Crippen LogP contribution in [0.4, 0.5) is 0 Å². The minimum Gasteiger partial charge on any atom is -0.507 e. The quantitative estimate of drug-likeness (QED) is 0.205. The number of aryl methyl sites for hydroxylation is 3. The Balaban J connectivity index is 1.64. The summed E-state index contributed by atoms with van der Waals surface area (Å²) in [6.45, 7) is 10.4. The van der Waals surface area contributed by atoms with Gasteiger partial charge in [0.1, 0.15) is 17.2 Å². The van der Waals surface area contributed by atoms with Gasteiger partial charge in [0.15, 0.2) is 0 Å². The lowest BCUT2D eigenvalue weighted by Crippen LogP contribution is -2.42.